The summed E-state index contributed by atoms with van der Waals surface area (Å²) in [5, 5.41) is 12.8. The van der Waals surface area contributed by atoms with E-state index in [1.54, 1.807) is 18.3 Å². The smallest absolute Gasteiger partial charge is 0.166 e. The Morgan fingerprint density at radius 1 is 1.03 bits per heavy atom. The summed E-state index contributed by atoms with van der Waals surface area (Å²) < 4.78 is 13.4. The third kappa shape index (κ3) is 4.67. The van der Waals surface area contributed by atoms with Crippen LogP contribution in [0.3, 0.4) is 0 Å². The first-order valence-corrected chi connectivity index (χ1v) is 10.4. The molecule has 148 valence electrons. The Bertz CT molecular complexity index is 1170. The van der Waals surface area contributed by atoms with Gasteiger partial charge in [0.15, 0.2) is 5.16 Å². The Labute approximate surface area is 178 Å². The molecule has 0 spiro atoms. The molecule has 0 aliphatic rings. The molecule has 0 radical (unpaired) electrons. The molecule has 0 amide bonds. The van der Waals surface area contributed by atoms with E-state index >= 15 is 0 Å². The zero-order chi connectivity index (χ0) is 20.8. The van der Waals surface area contributed by atoms with E-state index in [0.717, 1.165) is 28.2 Å². The molecular weight excluding hydrogens is 397 g/mol. The molecule has 0 aliphatic carbocycles. The number of thioether (sulfide) groups is 1. The standard InChI is InChI=1S/C23H18FN5S/c24-18-9-7-16(8-10-18)21-22(29-23(28-21)30-14-4-12-25)17-11-13-26-20(15-17)27-19-5-2-1-3-6-19/h1-3,5-11,13,15H,4,14H2,(H,26,27)(H,28,29). The Morgan fingerprint density at radius 2 is 1.83 bits per heavy atom. The fourth-order valence-electron chi connectivity index (χ4n) is 2.96. The third-order valence-electron chi connectivity index (χ3n) is 4.35. The molecule has 2 aromatic heterocycles. The summed E-state index contributed by atoms with van der Waals surface area (Å²) in [5.74, 6) is 1.05. The van der Waals surface area contributed by atoms with E-state index in [1.165, 1.54) is 23.9 Å². The van der Waals surface area contributed by atoms with Gasteiger partial charge >= 0.3 is 0 Å². The van der Waals surface area contributed by atoms with Gasteiger partial charge in [-0.3, -0.25) is 0 Å². The molecule has 0 bridgehead atoms. The highest BCUT2D eigenvalue weighted by atomic mass is 32.2. The van der Waals surface area contributed by atoms with Crippen molar-refractivity contribution in [1.82, 2.24) is 15.0 Å². The van der Waals surface area contributed by atoms with Crippen LogP contribution in [0.1, 0.15) is 6.42 Å². The molecule has 0 unspecified atom stereocenters. The average molecular weight is 415 g/mol. The van der Waals surface area contributed by atoms with E-state index in [0.29, 0.717) is 23.1 Å². The van der Waals surface area contributed by atoms with Crippen LogP contribution in [-0.2, 0) is 0 Å². The number of rotatable bonds is 7. The number of aromatic nitrogens is 3. The molecule has 0 saturated carbocycles. The summed E-state index contributed by atoms with van der Waals surface area (Å²) in [6.07, 6.45) is 2.17. The van der Waals surface area contributed by atoms with E-state index in [1.807, 2.05) is 42.5 Å². The summed E-state index contributed by atoms with van der Waals surface area (Å²) in [7, 11) is 0. The van der Waals surface area contributed by atoms with Gasteiger partial charge in [-0.2, -0.15) is 5.26 Å². The van der Waals surface area contributed by atoms with Crippen molar-refractivity contribution >= 4 is 23.3 Å². The van der Waals surface area contributed by atoms with Crippen molar-refractivity contribution in [3.05, 3.63) is 78.7 Å². The second-order valence-electron chi connectivity index (χ2n) is 6.45. The van der Waals surface area contributed by atoms with E-state index in [4.69, 9.17) is 10.2 Å². The van der Waals surface area contributed by atoms with Crippen LogP contribution in [0.4, 0.5) is 15.9 Å². The van der Waals surface area contributed by atoms with Gasteiger partial charge in [-0.15, -0.1) is 0 Å². The summed E-state index contributed by atoms with van der Waals surface area (Å²) >= 11 is 1.48. The maximum atomic E-state index is 13.4. The van der Waals surface area contributed by atoms with Gasteiger partial charge in [-0.1, -0.05) is 30.0 Å². The highest BCUT2D eigenvalue weighted by molar-refractivity contribution is 7.99. The maximum Gasteiger partial charge on any atom is 0.166 e. The number of para-hydroxylation sites is 1. The predicted octanol–water partition coefficient (Wildman–Crippen LogP) is 6.03. The SMILES string of the molecule is N#CCCSc1nc(-c2ccnc(Nc3ccccc3)c2)c(-c2ccc(F)cc2)[nH]1. The van der Waals surface area contributed by atoms with Gasteiger partial charge in [0.1, 0.15) is 11.6 Å². The van der Waals surface area contributed by atoms with Crippen molar-refractivity contribution in [2.45, 2.75) is 11.6 Å². The van der Waals surface area contributed by atoms with Gasteiger partial charge in [0.25, 0.3) is 0 Å². The van der Waals surface area contributed by atoms with Crippen molar-refractivity contribution in [3.63, 3.8) is 0 Å². The largest absolute Gasteiger partial charge is 0.340 e. The summed E-state index contributed by atoms with van der Waals surface area (Å²) in [6, 6.07) is 22.1. The first-order valence-electron chi connectivity index (χ1n) is 9.37. The number of aromatic amines is 1. The molecule has 0 saturated heterocycles. The van der Waals surface area contributed by atoms with Crippen LogP contribution in [0.5, 0.6) is 0 Å². The monoisotopic (exact) mass is 415 g/mol. The number of hydrogen-bond donors (Lipinski definition) is 2. The minimum atomic E-state index is -0.290. The minimum Gasteiger partial charge on any atom is -0.340 e. The zero-order valence-corrected chi connectivity index (χ0v) is 16.8. The summed E-state index contributed by atoms with van der Waals surface area (Å²) in [5.41, 5.74) is 4.20. The predicted molar refractivity (Wildman–Crippen MR) is 118 cm³/mol. The second kappa shape index (κ2) is 9.25. The number of benzene rings is 2. The van der Waals surface area contributed by atoms with Crippen LogP contribution in [0, 0.1) is 17.1 Å². The fraction of sp³-hybridized carbons (Fsp3) is 0.0870. The highest BCUT2D eigenvalue weighted by Crippen LogP contribution is 2.34. The molecule has 30 heavy (non-hydrogen) atoms. The van der Waals surface area contributed by atoms with Crippen molar-refractivity contribution < 1.29 is 4.39 Å². The lowest BCUT2D eigenvalue weighted by Crippen LogP contribution is -1.94. The van der Waals surface area contributed by atoms with Crippen molar-refractivity contribution in [2.75, 3.05) is 11.1 Å². The minimum absolute atomic E-state index is 0.290. The van der Waals surface area contributed by atoms with Gasteiger partial charge in [0, 0.05) is 35.2 Å². The number of nitrogens with one attached hydrogen (secondary N) is 2. The molecule has 2 aromatic carbocycles. The fourth-order valence-corrected chi connectivity index (χ4v) is 3.68. The van der Waals surface area contributed by atoms with E-state index in [-0.39, 0.29) is 5.82 Å². The van der Waals surface area contributed by atoms with Crippen LogP contribution < -0.4 is 5.32 Å². The topological polar surface area (TPSA) is 77.4 Å². The lowest BCUT2D eigenvalue weighted by atomic mass is 10.1. The van der Waals surface area contributed by atoms with E-state index in [2.05, 4.69) is 21.4 Å². The number of nitriles is 1. The molecule has 2 N–H and O–H groups in total. The van der Waals surface area contributed by atoms with Gasteiger partial charge in [0.2, 0.25) is 0 Å². The van der Waals surface area contributed by atoms with E-state index in [9.17, 15) is 4.39 Å². The highest BCUT2D eigenvalue weighted by Gasteiger charge is 2.15. The molecule has 4 aromatic rings. The van der Waals surface area contributed by atoms with Gasteiger partial charge in [-0.05, 0) is 48.5 Å². The molecule has 0 aliphatic heterocycles. The van der Waals surface area contributed by atoms with Crippen LogP contribution in [0.2, 0.25) is 0 Å². The van der Waals surface area contributed by atoms with Crippen molar-refractivity contribution in [2.24, 2.45) is 0 Å². The summed E-state index contributed by atoms with van der Waals surface area (Å²) in [6.45, 7) is 0. The molecule has 0 fully saturated rings. The lowest BCUT2D eigenvalue weighted by Gasteiger charge is -2.08. The van der Waals surface area contributed by atoms with Gasteiger partial charge in [0.05, 0.1) is 17.5 Å². The molecule has 7 heteroatoms. The Hall–Kier alpha value is -3.63. The second-order valence-corrected chi connectivity index (χ2v) is 7.53. The molecule has 0 atom stereocenters. The first kappa shape index (κ1) is 19.7. The Kier molecular flexibility index (Phi) is 6.06. The van der Waals surface area contributed by atoms with Crippen molar-refractivity contribution in [3.8, 4) is 28.6 Å². The number of nitrogens with zero attached hydrogens (tertiary/aromatic N) is 3. The quantitative estimate of drug-likeness (QED) is 0.285. The zero-order valence-electron chi connectivity index (χ0n) is 16.0. The van der Waals surface area contributed by atoms with Crippen LogP contribution in [0.25, 0.3) is 22.5 Å². The number of anilines is 2. The van der Waals surface area contributed by atoms with Crippen molar-refractivity contribution in [1.29, 1.82) is 5.26 Å². The third-order valence-corrected chi connectivity index (χ3v) is 5.22. The van der Waals surface area contributed by atoms with Gasteiger partial charge in [-0.25, -0.2) is 14.4 Å². The Balaban J connectivity index is 1.70. The Morgan fingerprint density at radius 3 is 2.60 bits per heavy atom. The first-order chi connectivity index (χ1) is 14.7. The van der Waals surface area contributed by atoms with Crippen LogP contribution >= 0.6 is 11.8 Å². The lowest BCUT2D eigenvalue weighted by molar-refractivity contribution is 0.628. The number of hydrogen-bond acceptors (Lipinski definition) is 5. The average Bonchev–Trinajstić information content (AvgIpc) is 3.20. The molecule has 4 rings (SSSR count). The van der Waals surface area contributed by atoms with E-state index < -0.39 is 0 Å². The molecule has 5 nitrogen and oxygen atoms in total. The normalized spacial score (nSPS) is 10.5. The maximum absolute atomic E-state index is 13.4. The number of pyridine rings is 1. The number of halogens is 1. The summed E-state index contributed by atoms with van der Waals surface area (Å²) in [4.78, 5) is 12.5. The van der Waals surface area contributed by atoms with Gasteiger partial charge < -0.3 is 10.3 Å². The molecule has 2 heterocycles. The van der Waals surface area contributed by atoms with Crippen LogP contribution in [-0.4, -0.2) is 20.7 Å². The number of H-pyrrole nitrogens is 1. The number of imidazole rings is 1. The van der Waals surface area contributed by atoms with Crippen LogP contribution in [0.15, 0.2) is 78.1 Å². The molecular formula is C23H18FN5S.